The van der Waals surface area contributed by atoms with Gasteiger partial charge in [-0.05, 0) is 37.5 Å². The lowest BCUT2D eigenvalue weighted by Crippen LogP contribution is -2.41. The minimum Gasteiger partial charge on any atom is -0.507 e. The number of Topliss-reactive ketones (excluding diaryl/α,β-unsaturated/α-hetero) is 1. The van der Waals surface area contributed by atoms with Crippen molar-refractivity contribution in [1.82, 2.24) is 0 Å². The number of fused-ring (bicyclic) bond motifs is 1. The predicted octanol–water partition coefficient (Wildman–Crippen LogP) is 4.04. The molecule has 1 aromatic carbocycles. The smallest absolute Gasteiger partial charge is 0.196 e. The summed E-state index contributed by atoms with van der Waals surface area (Å²) < 4.78 is 5.99. The molecule has 0 saturated heterocycles. The summed E-state index contributed by atoms with van der Waals surface area (Å²) in [5, 5.41) is 29.8. The van der Waals surface area contributed by atoms with Crippen LogP contribution in [0.5, 0.6) is 11.5 Å². The van der Waals surface area contributed by atoms with Crippen LogP contribution in [-0.4, -0.2) is 21.1 Å². The van der Waals surface area contributed by atoms with Gasteiger partial charge in [-0.3, -0.25) is 9.59 Å². The van der Waals surface area contributed by atoms with Crippen molar-refractivity contribution in [3.05, 3.63) is 51.4 Å². The summed E-state index contributed by atoms with van der Waals surface area (Å²) in [7, 11) is 0. The summed E-state index contributed by atoms with van der Waals surface area (Å²) in [6.45, 7) is 5.46. The zero-order valence-electron chi connectivity index (χ0n) is 15.5. The maximum absolute atomic E-state index is 13.1. The van der Waals surface area contributed by atoms with Gasteiger partial charge in [-0.1, -0.05) is 20.8 Å². The number of phenolic OH excluding ortho intramolecular Hbond substituents is 2. The van der Waals surface area contributed by atoms with Crippen molar-refractivity contribution in [3.63, 3.8) is 0 Å². The van der Waals surface area contributed by atoms with Crippen molar-refractivity contribution in [2.75, 3.05) is 0 Å². The fraction of sp³-hybridized carbons (Fsp3) is 0.333. The van der Waals surface area contributed by atoms with Crippen LogP contribution in [0.3, 0.4) is 0 Å². The molecule has 6 nitrogen and oxygen atoms in total. The first kappa shape index (κ1) is 18.8. The third-order valence-electron chi connectivity index (χ3n) is 5.43. The van der Waals surface area contributed by atoms with E-state index in [0.29, 0.717) is 24.8 Å². The van der Waals surface area contributed by atoms with Crippen LogP contribution < -0.4 is 5.43 Å². The van der Waals surface area contributed by atoms with Crippen LogP contribution in [0.15, 0.2) is 39.1 Å². The summed E-state index contributed by atoms with van der Waals surface area (Å²) in [6, 6.07) is 5.28. The van der Waals surface area contributed by atoms with E-state index in [0.717, 1.165) is 0 Å². The van der Waals surface area contributed by atoms with Gasteiger partial charge in [0.2, 0.25) is 0 Å². The second-order valence-electron chi connectivity index (χ2n) is 6.68. The lowest BCUT2D eigenvalue weighted by Gasteiger charge is -2.35. The Morgan fingerprint density at radius 2 is 1.63 bits per heavy atom. The third-order valence-corrected chi connectivity index (χ3v) is 5.43. The minimum atomic E-state index is -1.03. The largest absolute Gasteiger partial charge is 0.507 e. The van der Waals surface area contributed by atoms with E-state index >= 15 is 0 Å². The highest BCUT2D eigenvalue weighted by molar-refractivity contribution is 6.10. The molecule has 0 unspecified atom stereocenters. The molecule has 2 aromatic rings. The van der Waals surface area contributed by atoms with Gasteiger partial charge in [0.15, 0.2) is 22.7 Å². The molecular weight excluding hydrogens is 348 g/mol. The fourth-order valence-corrected chi connectivity index (χ4v) is 3.74. The summed E-state index contributed by atoms with van der Waals surface area (Å²) in [5.41, 5.74) is -0.832. The molecule has 1 aliphatic carbocycles. The van der Waals surface area contributed by atoms with Crippen LogP contribution in [0.1, 0.15) is 51.4 Å². The molecule has 3 N–H and O–H groups in total. The number of ketones is 1. The van der Waals surface area contributed by atoms with Crippen LogP contribution in [0, 0.1) is 0 Å². The topological polar surface area (TPSA) is 108 Å². The van der Waals surface area contributed by atoms with Gasteiger partial charge in [0, 0.05) is 17.2 Å². The minimum absolute atomic E-state index is 0.0295. The molecule has 1 heterocycles. The maximum Gasteiger partial charge on any atom is 0.196 e. The Kier molecular flexibility index (Phi) is 4.59. The van der Waals surface area contributed by atoms with Crippen molar-refractivity contribution in [1.29, 1.82) is 0 Å². The summed E-state index contributed by atoms with van der Waals surface area (Å²) in [6.07, 6.45) is 1.15. The monoisotopic (exact) mass is 370 g/mol. The molecule has 1 aromatic heterocycles. The van der Waals surface area contributed by atoms with Crippen LogP contribution in [0.25, 0.3) is 17.1 Å². The maximum atomic E-state index is 13.1. The Hall–Kier alpha value is -3.02. The lowest BCUT2D eigenvalue weighted by molar-refractivity contribution is -0.122. The van der Waals surface area contributed by atoms with Crippen molar-refractivity contribution < 1.29 is 24.5 Å². The van der Waals surface area contributed by atoms with E-state index in [1.165, 1.54) is 24.3 Å². The second kappa shape index (κ2) is 6.61. The molecule has 0 fully saturated rings. The number of aliphatic hydroxyl groups is 1. The number of aromatic hydroxyl groups is 2. The van der Waals surface area contributed by atoms with Gasteiger partial charge >= 0.3 is 0 Å². The van der Waals surface area contributed by atoms with Gasteiger partial charge in [-0.2, -0.15) is 0 Å². The second-order valence-corrected chi connectivity index (χ2v) is 6.68. The highest BCUT2D eigenvalue weighted by Gasteiger charge is 2.48. The van der Waals surface area contributed by atoms with E-state index in [9.17, 15) is 24.9 Å². The molecule has 0 radical (unpaired) electrons. The van der Waals surface area contributed by atoms with Crippen LogP contribution >= 0.6 is 0 Å². The molecule has 142 valence electrons. The van der Waals surface area contributed by atoms with Gasteiger partial charge in [0.05, 0.1) is 5.41 Å². The molecule has 27 heavy (non-hydrogen) atoms. The first-order chi connectivity index (χ1) is 12.8. The van der Waals surface area contributed by atoms with Gasteiger partial charge < -0.3 is 19.7 Å². The van der Waals surface area contributed by atoms with Crippen LogP contribution in [0.4, 0.5) is 0 Å². The fourth-order valence-electron chi connectivity index (χ4n) is 3.74. The quantitative estimate of drug-likeness (QED) is 0.701. The Bertz CT molecular complexity index is 1010. The zero-order valence-corrected chi connectivity index (χ0v) is 15.5. The Morgan fingerprint density at radius 1 is 0.963 bits per heavy atom. The van der Waals surface area contributed by atoms with E-state index < -0.39 is 10.8 Å². The molecule has 0 amide bonds. The molecular formula is C21H22O6. The summed E-state index contributed by atoms with van der Waals surface area (Å²) in [5.74, 6) is -0.878. The standard InChI is InChI=1S/C21H22O6/c1-4-12-18(25)17-15(24)10-16(11-7-8-13(22)14(23)9-11)27-20(17)21(5-2,6-3)19(12)26/h7-10,22-23,25H,4-6H2,1-3H3. The molecule has 3 rings (SSSR count). The SMILES string of the molecule is CCC1=C(O)c2c(oc(-c3ccc(O)c(O)c3)cc2=O)C(CC)(CC)C1=O. The van der Waals surface area contributed by atoms with Crippen molar-refractivity contribution in [2.45, 2.75) is 45.4 Å². The lowest BCUT2D eigenvalue weighted by atomic mass is 9.68. The van der Waals surface area contributed by atoms with Crippen LogP contribution in [0.2, 0.25) is 0 Å². The average Bonchev–Trinajstić information content (AvgIpc) is 2.65. The van der Waals surface area contributed by atoms with Crippen LogP contribution in [-0.2, 0) is 10.2 Å². The third kappa shape index (κ3) is 2.63. The number of hydrogen-bond acceptors (Lipinski definition) is 6. The van der Waals surface area contributed by atoms with Gasteiger partial charge in [-0.15, -0.1) is 0 Å². The molecule has 0 saturated carbocycles. The molecule has 0 bridgehead atoms. The van der Waals surface area contributed by atoms with Gasteiger partial charge in [0.25, 0.3) is 0 Å². The van der Waals surface area contributed by atoms with E-state index in [1.54, 1.807) is 6.92 Å². The van der Waals surface area contributed by atoms with Crippen molar-refractivity contribution >= 4 is 11.5 Å². The number of aliphatic hydroxyl groups excluding tert-OH is 1. The van der Waals surface area contributed by atoms with Gasteiger partial charge in [-0.25, -0.2) is 0 Å². The number of benzene rings is 1. The Balaban J connectivity index is 2.36. The summed E-state index contributed by atoms with van der Waals surface area (Å²) in [4.78, 5) is 25.9. The Morgan fingerprint density at radius 3 is 2.19 bits per heavy atom. The van der Waals surface area contributed by atoms with E-state index in [-0.39, 0.29) is 45.7 Å². The highest BCUT2D eigenvalue weighted by Crippen LogP contribution is 2.45. The first-order valence-corrected chi connectivity index (χ1v) is 8.98. The number of hydrogen-bond donors (Lipinski definition) is 3. The molecule has 0 spiro atoms. The van der Waals surface area contributed by atoms with E-state index in [4.69, 9.17) is 4.42 Å². The first-order valence-electron chi connectivity index (χ1n) is 8.98. The number of carbonyl (C=O) groups is 1. The highest BCUT2D eigenvalue weighted by atomic mass is 16.3. The molecule has 1 aliphatic rings. The predicted molar refractivity (Wildman–Crippen MR) is 101 cm³/mol. The van der Waals surface area contributed by atoms with E-state index in [1.807, 2.05) is 13.8 Å². The van der Waals surface area contributed by atoms with E-state index in [2.05, 4.69) is 0 Å². The summed E-state index contributed by atoms with van der Waals surface area (Å²) >= 11 is 0. The van der Waals surface area contributed by atoms with Crippen molar-refractivity contribution in [2.24, 2.45) is 0 Å². The van der Waals surface area contributed by atoms with Crippen molar-refractivity contribution in [3.8, 4) is 22.8 Å². The number of rotatable bonds is 4. The normalized spacial score (nSPS) is 15.7. The zero-order chi connectivity index (χ0) is 19.9. The molecule has 0 atom stereocenters. The number of carbonyl (C=O) groups excluding carboxylic acids is 1. The average molecular weight is 370 g/mol. The Labute approximate surface area is 156 Å². The number of phenols is 2. The van der Waals surface area contributed by atoms with Gasteiger partial charge in [0.1, 0.15) is 22.8 Å². The molecule has 0 aliphatic heterocycles. The number of allylic oxidation sites excluding steroid dienone is 1. The molecule has 6 heteroatoms.